The van der Waals surface area contributed by atoms with E-state index in [0.29, 0.717) is 17.1 Å². The Labute approximate surface area is 194 Å². The Balaban J connectivity index is 1.49. The number of aromatic nitrogens is 2. The van der Waals surface area contributed by atoms with Crippen LogP contribution in [-0.4, -0.2) is 51.8 Å². The van der Waals surface area contributed by atoms with Gasteiger partial charge in [-0.3, -0.25) is 9.59 Å². The number of halogens is 2. The van der Waals surface area contributed by atoms with E-state index in [2.05, 4.69) is 15.3 Å². The van der Waals surface area contributed by atoms with E-state index in [1.54, 1.807) is 18.2 Å². The summed E-state index contributed by atoms with van der Waals surface area (Å²) in [5.41, 5.74) is 1.01. The maximum atomic E-state index is 14.7. The van der Waals surface area contributed by atoms with E-state index in [9.17, 15) is 23.6 Å². The van der Waals surface area contributed by atoms with Crippen LogP contribution in [0, 0.1) is 28.6 Å². The molecule has 0 bridgehead atoms. The van der Waals surface area contributed by atoms with Crippen LogP contribution in [0.5, 0.6) is 5.75 Å². The molecule has 1 aliphatic heterocycles. The molecule has 4 rings (SSSR count). The van der Waals surface area contributed by atoms with E-state index in [1.807, 2.05) is 6.07 Å². The number of piperidine rings is 1. The molecule has 34 heavy (non-hydrogen) atoms. The van der Waals surface area contributed by atoms with Gasteiger partial charge in [0.2, 0.25) is 11.8 Å². The number of nitrogens with one attached hydrogen (secondary N) is 1. The van der Waals surface area contributed by atoms with Gasteiger partial charge in [0.1, 0.15) is 30.4 Å². The molecule has 11 heteroatoms. The van der Waals surface area contributed by atoms with Crippen LogP contribution in [0.25, 0.3) is 11.3 Å². The number of likely N-dealkylation sites (tertiary alicyclic amines) is 1. The molecule has 1 saturated heterocycles. The van der Waals surface area contributed by atoms with E-state index >= 15 is 0 Å². The number of anilines is 1. The van der Waals surface area contributed by atoms with Crippen LogP contribution >= 0.6 is 0 Å². The van der Waals surface area contributed by atoms with Crippen LogP contribution in [0.4, 0.5) is 14.6 Å². The molecule has 1 N–H and O–H groups in total. The fourth-order valence-corrected chi connectivity index (χ4v) is 3.65. The van der Waals surface area contributed by atoms with Crippen molar-refractivity contribution >= 4 is 17.6 Å². The number of rotatable bonds is 6. The standard InChI is InChI=1S/C23H20F2N6O3/c24-23(25)12-31(21(32)5-7-26)8-6-19(23)34-18-4-3-15(9-16(18)11-27)17-10-20(29-13-28-17)30-22(33)14-1-2-14/h3-4,9-10,13-14,19H,1-2,5-6,8,12H2,(H,28,29,30,33)/t19-/m0/s1. The molecule has 1 aliphatic carbocycles. The third-order valence-electron chi connectivity index (χ3n) is 5.65. The van der Waals surface area contributed by atoms with Crippen molar-refractivity contribution in [2.45, 2.75) is 37.7 Å². The average molecular weight is 466 g/mol. The number of nitrogens with zero attached hydrogens (tertiary/aromatic N) is 5. The average Bonchev–Trinajstić information content (AvgIpc) is 3.66. The number of nitriles is 2. The van der Waals surface area contributed by atoms with Crippen LogP contribution in [0.1, 0.15) is 31.2 Å². The number of benzene rings is 1. The summed E-state index contributed by atoms with van der Waals surface area (Å²) in [7, 11) is 0. The third-order valence-corrected chi connectivity index (χ3v) is 5.65. The molecule has 174 valence electrons. The number of ether oxygens (including phenoxy) is 1. The fourth-order valence-electron chi connectivity index (χ4n) is 3.65. The second kappa shape index (κ2) is 9.40. The Hall–Kier alpha value is -4.12. The quantitative estimate of drug-likeness (QED) is 0.692. The highest BCUT2D eigenvalue weighted by Crippen LogP contribution is 2.34. The molecule has 2 heterocycles. The molecule has 0 unspecified atom stereocenters. The molecule has 0 radical (unpaired) electrons. The zero-order chi connectivity index (χ0) is 24.3. The number of carbonyl (C=O) groups is 2. The lowest BCUT2D eigenvalue weighted by Gasteiger charge is -2.38. The Kier molecular flexibility index (Phi) is 6.37. The minimum absolute atomic E-state index is 0.00880. The minimum Gasteiger partial charge on any atom is -0.483 e. The highest BCUT2D eigenvalue weighted by Gasteiger charge is 2.47. The summed E-state index contributed by atoms with van der Waals surface area (Å²) in [5.74, 6) is -3.78. The van der Waals surface area contributed by atoms with Crippen LogP contribution in [0.3, 0.4) is 0 Å². The van der Waals surface area contributed by atoms with Crippen LogP contribution in [-0.2, 0) is 9.59 Å². The van der Waals surface area contributed by atoms with Crippen molar-refractivity contribution in [2.75, 3.05) is 18.4 Å². The molecule has 9 nitrogen and oxygen atoms in total. The molecule has 2 amide bonds. The molecule has 1 saturated carbocycles. The lowest BCUT2D eigenvalue weighted by atomic mass is 10.0. The van der Waals surface area contributed by atoms with Gasteiger partial charge in [-0.2, -0.15) is 10.5 Å². The molecule has 2 aliphatic rings. The van der Waals surface area contributed by atoms with Gasteiger partial charge in [0, 0.05) is 30.5 Å². The molecule has 0 spiro atoms. The summed E-state index contributed by atoms with van der Waals surface area (Å²) in [5, 5.41) is 20.9. The largest absolute Gasteiger partial charge is 0.483 e. The van der Waals surface area contributed by atoms with Crippen molar-refractivity contribution in [1.82, 2.24) is 14.9 Å². The first-order valence-electron chi connectivity index (χ1n) is 10.7. The fraction of sp³-hybridized carbons (Fsp3) is 0.391. The zero-order valence-corrected chi connectivity index (χ0v) is 18.0. The highest BCUT2D eigenvalue weighted by molar-refractivity contribution is 5.93. The topological polar surface area (TPSA) is 132 Å². The van der Waals surface area contributed by atoms with Crippen molar-refractivity contribution in [3.8, 4) is 29.1 Å². The Bertz CT molecular complexity index is 1200. The maximum Gasteiger partial charge on any atom is 0.301 e. The predicted molar refractivity (Wildman–Crippen MR) is 114 cm³/mol. The number of alkyl halides is 2. The van der Waals surface area contributed by atoms with Gasteiger partial charge >= 0.3 is 5.92 Å². The SMILES string of the molecule is N#CCC(=O)N1CC[C@H](Oc2ccc(-c3cc(NC(=O)C4CC4)ncn3)cc2C#N)C(F)(F)C1. The number of hydrogen-bond acceptors (Lipinski definition) is 7. The smallest absolute Gasteiger partial charge is 0.301 e. The molecular formula is C23H20F2N6O3. The van der Waals surface area contributed by atoms with Crippen LogP contribution in [0.2, 0.25) is 0 Å². The number of hydrogen-bond donors (Lipinski definition) is 1. The van der Waals surface area contributed by atoms with Crippen LogP contribution < -0.4 is 10.1 Å². The molecule has 1 atom stereocenters. The molecule has 1 aromatic carbocycles. The molecule has 2 fully saturated rings. The maximum absolute atomic E-state index is 14.7. The minimum atomic E-state index is -3.35. The van der Waals surface area contributed by atoms with Crippen molar-refractivity contribution < 1.29 is 23.1 Å². The number of carbonyl (C=O) groups excluding carboxylic acids is 2. The summed E-state index contributed by atoms with van der Waals surface area (Å²) in [4.78, 5) is 32.9. The third kappa shape index (κ3) is 5.09. The van der Waals surface area contributed by atoms with E-state index in [1.165, 1.54) is 18.5 Å². The predicted octanol–water partition coefficient (Wildman–Crippen LogP) is 2.89. The van der Waals surface area contributed by atoms with Gasteiger partial charge in [0.05, 0.1) is 23.9 Å². The Morgan fingerprint density at radius 1 is 1.21 bits per heavy atom. The van der Waals surface area contributed by atoms with Gasteiger partial charge in [-0.25, -0.2) is 18.7 Å². The summed E-state index contributed by atoms with van der Waals surface area (Å²) in [6, 6.07) is 9.65. The zero-order valence-electron chi connectivity index (χ0n) is 18.0. The number of amides is 2. The highest BCUT2D eigenvalue weighted by atomic mass is 19.3. The Morgan fingerprint density at radius 2 is 2.00 bits per heavy atom. The summed E-state index contributed by atoms with van der Waals surface area (Å²) >= 11 is 0. The van der Waals surface area contributed by atoms with Crippen LogP contribution in [0.15, 0.2) is 30.6 Å². The van der Waals surface area contributed by atoms with Crippen molar-refractivity contribution in [3.63, 3.8) is 0 Å². The lowest BCUT2D eigenvalue weighted by Crippen LogP contribution is -2.55. The summed E-state index contributed by atoms with van der Waals surface area (Å²) < 4.78 is 34.8. The van der Waals surface area contributed by atoms with Gasteiger partial charge in [-0.05, 0) is 31.0 Å². The molecule has 2 aromatic rings. The van der Waals surface area contributed by atoms with Gasteiger partial charge in [-0.15, -0.1) is 0 Å². The second-order valence-electron chi connectivity index (χ2n) is 8.18. The first-order valence-corrected chi connectivity index (χ1v) is 10.7. The van der Waals surface area contributed by atoms with Gasteiger partial charge in [0.15, 0.2) is 6.10 Å². The Morgan fingerprint density at radius 3 is 2.68 bits per heavy atom. The van der Waals surface area contributed by atoms with E-state index in [-0.39, 0.29) is 36.1 Å². The van der Waals surface area contributed by atoms with E-state index in [4.69, 9.17) is 10.00 Å². The first-order chi connectivity index (χ1) is 16.3. The monoisotopic (exact) mass is 466 g/mol. The normalized spacial score (nSPS) is 18.9. The molecule has 1 aromatic heterocycles. The van der Waals surface area contributed by atoms with Gasteiger partial charge < -0.3 is 15.0 Å². The van der Waals surface area contributed by atoms with E-state index < -0.39 is 30.9 Å². The second-order valence-corrected chi connectivity index (χ2v) is 8.18. The van der Waals surface area contributed by atoms with Crippen molar-refractivity contribution in [1.29, 1.82) is 10.5 Å². The van der Waals surface area contributed by atoms with E-state index in [0.717, 1.165) is 17.7 Å². The van der Waals surface area contributed by atoms with Gasteiger partial charge in [-0.1, -0.05) is 0 Å². The first kappa shape index (κ1) is 23.1. The lowest BCUT2D eigenvalue weighted by molar-refractivity contribution is -0.159. The summed E-state index contributed by atoms with van der Waals surface area (Å²) in [6.07, 6.45) is 0.857. The van der Waals surface area contributed by atoms with Crippen molar-refractivity contribution in [2.24, 2.45) is 5.92 Å². The van der Waals surface area contributed by atoms with Gasteiger partial charge in [0.25, 0.3) is 0 Å². The summed E-state index contributed by atoms with van der Waals surface area (Å²) in [6.45, 7) is -0.828. The molecular weight excluding hydrogens is 446 g/mol. The van der Waals surface area contributed by atoms with Crippen molar-refractivity contribution in [3.05, 3.63) is 36.2 Å².